The maximum atomic E-state index is 11.9. The van der Waals surface area contributed by atoms with Crippen LogP contribution in [0.5, 0.6) is 0 Å². The number of para-hydroxylation sites is 2. The first-order valence-corrected chi connectivity index (χ1v) is 8.03. The first-order chi connectivity index (χ1) is 11.0. The molecule has 1 amide bonds. The molecule has 0 saturated heterocycles. The summed E-state index contributed by atoms with van der Waals surface area (Å²) in [5.74, 6) is 0.385. The number of carbonyl (C=O) groups is 1. The zero-order valence-corrected chi connectivity index (χ0v) is 14.0. The van der Waals surface area contributed by atoms with E-state index in [9.17, 15) is 4.79 Å². The average molecular weight is 325 g/mol. The molecule has 2 aromatic carbocycles. The van der Waals surface area contributed by atoms with Crippen molar-refractivity contribution in [3.8, 4) is 0 Å². The third-order valence-electron chi connectivity index (χ3n) is 3.82. The number of thiocarbonyl (C=S) groups is 1. The van der Waals surface area contributed by atoms with Crippen molar-refractivity contribution in [2.24, 2.45) is 0 Å². The molecule has 2 N–H and O–H groups in total. The summed E-state index contributed by atoms with van der Waals surface area (Å²) in [6.45, 7) is 4.53. The molecular formula is C18H19N3OS. The van der Waals surface area contributed by atoms with Crippen molar-refractivity contribution < 1.29 is 4.79 Å². The van der Waals surface area contributed by atoms with Gasteiger partial charge in [-0.05, 0) is 48.0 Å². The van der Waals surface area contributed by atoms with E-state index < -0.39 is 0 Å². The number of hydrogen-bond acceptors (Lipinski definition) is 2. The number of rotatable bonds is 2. The van der Waals surface area contributed by atoms with Crippen LogP contribution in [-0.2, 0) is 4.79 Å². The number of nitrogens with zero attached hydrogens (tertiary/aromatic N) is 1. The number of amides is 1. The summed E-state index contributed by atoms with van der Waals surface area (Å²) in [6.07, 6.45) is 0. The molecule has 0 aromatic heterocycles. The van der Waals surface area contributed by atoms with Crippen LogP contribution in [0.1, 0.15) is 25.3 Å². The molecular weight excluding hydrogens is 306 g/mol. The van der Waals surface area contributed by atoms with Gasteiger partial charge in [0.15, 0.2) is 5.11 Å². The van der Waals surface area contributed by atoms with Crippen LogP contribution in [-0.4, -0.2) is 17.6 Å². The first-order valence-electron chi connectivity index (χ1n) is 7.62. The zero-order valence-electron chi connectivity index (χ0n) is 13.2. The van der Waals surface area contributed by atoms with Gasteiger partial charge < -0.3 is 15.5 Å². The van der Waals surface area contributed by atoms with E-state index in [2.05, 4.69) is 36.6 Å². The second kappa shape index (κ2) is 6.38. The molecule has 0 spiro atoms. The smallest absolute Gasteiger partial charge is 0.244 e. The second-order valence-corrected chi connectivity index (χ2v) is 6.25. The fourth-order valence-corrected chi connectivity index (χ4v) is 2.86. The Balaban J connectivity index is 1.84. The van der Waals surface area contributed by atoms with Crippen molar-refractivity contribution in [3.05, 3.63) is 54.1 Å². The number of carbonyl (C=O) groups excluding carboxylic acids is 1. The Bertz CT molecular complexity index is 757. The lowest BCUT2D eigenvalue weighted by Crippen LogP contribution is -2.44. The van der Waals surface area contributed by atoms with Gasteiger partial charge in [-0.2, -0.15) is 0 Å². The van der Waals surface area contributed by atoms with Crippen LogP contribution in [0.25, 0.3) is 0 Å². The molecule has 0 aliphatic carbocycles. The molecule has 0 unspecified atom stereocenters. The first kappa shape index (κ1) is 15.5. The molecule has 0 radical (unpaired) electrons. The van der Waals surface area contributed by atoms with Gasteiger partial charge in [-0.15, -0.1) is 0 Å². The Morgan fingerprint density at radius 2 is 2.00 bits per heavy atom. The lowest BCUT2D eigenvalue weighted by Gasteiger charge is -2.31. The summed E-state index contributed by atoms with van der Waals surface area (Å²) in [6, 6.07) is 15.8. The van der Waals surface area contributed by atoms with Crippen LogP contribution >= 0.6 is 12.2 Å². The van der Waals surface area contributed by atoms with E-state index in [1.807, 2.05) is 41.3 Å². The fraction of sp³-hybridized carbons (Fsp3) is 0.222. The van der Waals surface area contributed by atoms with E-state index in [0.717, 1.165) is 17.1 Å². The maximum Gasteiger partial charge on any atom is 0.244 e. The Labute approximate surface area is 141 Å². The van der Waals surface area contributed by atoms with Gasteiger partial charge >= 0.3 is 0 Å². The minimum atomic E-state index is -0.0659. The maximum absolute atomic E-state index is 11.9. The van der Waals surface area contributed by atoms with E-state index in [1.165, 1.54) is 5.56 Å². The van der Waals surface area contributed by atoms with E-state index in [-0.39, 0.29) is 12.5 Å². The molecule has 0 saturated carbocycles. The lowest BCUT2D eigenvalue weighted by molar-refractivity contribution is -0.115. The molecule has 1 aliphatic rings. The quantitative estimate of drug-likeness (QED) is 0.820. The number of benzene rings is 2. The lowest BCUT2D eigenvalue weighted by atomic mass is 10.0. The van der Waals surface area contributed by atoms with Gasteiger partial charge in [0.1, 0.15) is 6.54 Å². The monoisotopic (exact) mass is 325 g/mol. The Morgan fingerprint density at radius 1 is 1.22 bits per heavy atom. The molecule has 2 aromatic rings. The van der Waals surface area contributed by atoms with E-state index in [4.69, 9.17) is 12.2 Å². The van der Waals surface area contributed by atoms with Crippen molar-refractivity contribution in [1.29, 1.82) is 0 Å². The van der Waals surface area contributed by atoms with Gasteiger partial charge in [0.05, 0.1) is 11.4 Å². The highest BCUT2D eigenvalue weighted by Gasteiger charge is 2.24. The third-order valence-corrected chi connectivity index (χ3v) is 4.14. The van der Waals surface area contributed by atoms with Crippen LogP contribution in [0.4, 0.5) is 17.1 Å². The molecule has 0 fully saturated rings. The third kappa shape index (κ3) is 3.35. The SMILES string of the molecule is CC(C)c1cccc(NC(=S)N2CC(=O)Nc3ccccc32)c1. The summed E-state index contributed by atoms with van der Waals surface area (Å²) in [4.78, 5) is 13.7. The minimum Gasteiger partial charge on any atom is -0.332 e. The summed E-state index contributed by atoms with van der Waals surface area (Å²) in [5, 5.41) is 6.63. The fourth-order valence-electron chi connectivity index (χ4n) is 2.58. The normalized spacial score (nSPS) is 13.5. The summed E-state index contributed by atoms with van der Waals surface area (Å²) >= 11 is 5.53. The number of hydrogen-bond donors (Lipinski definition) is 2. The molecule has 23 heavy (non-hydrogen) atoms. The summed E-state index contributed by atoms with van der Waals surface area (Å²) in [5.41, 5.74) is 3.87. The molecule has 3 rings (SSSR count). The van der Waals surface area contributed by atoms with Crippen molar-refractivity contribution >= 4 is 40.3 Å². The van der Waals surface area contributed by atoms with Gasteiger partial charge in [-0.1, -0.05) is 38.1 Å². The molecule has 1 heterocycles. The van der Waals surface area contributed by atoms with Crippen molar-refractivity contribution in [2.45, 2.75) is 19.8 Å². The van der Waals surface area contributed by atoms with Gasteiger partial charge in [0, 0.05) is 5.69 Å². The van der Waals surface area contributed by atoms with Gasteiger partial charge in [0.25, 0.3) is 0 Å². The van der Waals surface area contributed by atoms with Crippen LogP contribution < -0.4 is 15.5 Å². The van der Waals surface area contributed by atoms with Crippen LogP contribution in [0.3, 0.4) is 0 Å². The van der Waals surface area contributed by atoms with Crippen molar-refractivity contribution in [2.75, 3.05) is 22.1 Å². The van der Waals surface area contributed by atoms with E-state index in [1.54, 1.807) is 0 Å². The Kier molecular flexibility index (Phi) is 4.30. The molecule has 5 heteroatoms. The van der Waals surface area contributed by atoms with Gasteiger partial charge in [-0.3, -0.25) is 4.79 Å². The highest BCUT2D eigenvalue weighted by atomic mass is 32.1. The van der Waals surface area contributed by atoms with Crippen molar-refractivity contribution in [3.63, 3.8) is 0 Å². The second-order valence-electron chi connectivity index (χ2n) is 5.86. The number of nitrogens with one attached hydrogen (secondary N) is 2. The highest BCUT2D eigenvalue weighted by Crippen LogP contribution is 2.29. The standard InChI is InChI=1S/C18H19N3OS/c1-12(2)13-6-5-7-14(10-13)19-18(23)21-11-17(22)20-15-8-3-4-9-16(15)21/h3-10,12H,11H2,1-2H3,(H,19,23)(H,20,22). The van der Waals surface area contributed by atoms with Gasteiger partial charge in [0.2, 0.25) is 5.91 Å². The van der Waals surface area contributed by atoms with E-state index in [0.29, 0.717) is 11.0 Å². The number of fused-ring (bicyclic) bond motifs is 1. The van der Waals surface area contributed by atoms with Gasteiger partial charge in [-0.25, -0.2) is 0 Å². The Hall–Kier alpha value is -2.40. The molecule has 1 aliphatic heterocycles. The predicted molar refractivity (Wildman–Crippen MR) is 99.2 cm³/mol. The van der Waals surface area contributed by atoms with E-state index >= 15 is 0 Å². The molecule has 0 bridgehead atoms. The molecule has 0 atom stereocenters. The van der Waals surface area contributed by atoms with Crippen molar-refractivity contribution in [1.82, 2.24) is 0 Å². The largest absolute Gasteiger partial charge is 0.332 e. The summed E-state index contributed by atoms with van der Waals surface area (Å²) in [7, 11) is 0. The summed E-state index contributed by atoms with van der Waals surface area (Å²) < 4.78 is 0. The average Bonchev–Trinajstić information content (AvgIpc) is 2.54. The Morgan fingerprint density at radius 3 is 2.78 bits per heavy atom. The minimum absolute atomic E-state index is 0.0659. The molecule has 118 valence electrons. The molecule has 4 nitrogen and oxygen atoms in total. The zero-order chi connectivity index (χ0) is 16.4. The predicted octanol–water partition coefficient (Wildman–Crippen LogP) is 3.97. The topological polar surface area (TPSA) is 44.4 Å². The highest BCUT2D eigenvalue weighted by molar-refractivity contribution is 7.80. The number of anilines is 3. The van der Waals surface area contributed by atoms with Crippen LogP contribution in [0.2, 0.25) is 0 Å². The van der Waals surface area contributed by atoms with Crippen LogP contribution in [0, 0.1) is 0 Å². The van der Waals surface area contributed by atoms with Crippen LogP contribution in [0.15, 0.2) is 48.5 Å².